The van der Waals surface area contributed by atoms with E-state index in [4.69, 9.17) is 4.74 Å². The highest BCUT2D eigenvalue weighted by molar-refractivity contribution is 7.91. The summed E-state index contributed by atoms with van der Waals surface area (Å²) in [6.07, 6.45) is 0.438. The minimum Gasteiger partial charge on any atom is -0.493 e. The quantitative estimate of drug-likeness (QED) is 0.864. The lowest BCUT2D eigenvalue weighted by Gasteiger charge is -2.16. The number of ether oxygens (including phenoxy) is 1. The monoisotopic (exact) mass is 284 g/mol. The van der Waals surface area contributed by atoms with Gasteiger partial charge in [0, 0.05) is 17.2 Å². The van der Waals surface area contributed by atoms with Crippen LogP contribution in [0.5, 0.6) is 5.75 Å². The highest BCUT2D eigenvalue weighted by Gasteiger charge is 2.29. The summed E-state index contributed by atoms with van der Waals surface area (Å²) < 4.78 is 28.3. The highest BCUT2D eigenvalue weighted by atomic mass is 32.2. The zero-order chi connectivity index (χ0) is 13.9. The molecular weight excluding hydrogens is 264 g/mol. The molecule has 1 aliphatic heterocycles. The van der Waals surface area contributed by atoms with E-state index in [2.05, 4.69) is 0 Å². The lowest BCUT2D eigenvalue weighted by molar-refractivity contribution is 0.120. The Bertz CT molecular complexity index is 524. The van der Waals surface area contributed by atoms with Crippen molar-refractivity contribution in [1.82, 2.24) is 0 Å². The van der Waals surface area contributed by atoms with Gasteiger partial charge in [-0.3, -0.25) is 0 Å². The summed E-state index contributed by atoms with van der Waals surface area (Å²) >= 11 is 0. The Balaban J connectivity index is 1.90. The van der Waals surface area contributed by atoms with E-state index in [1.54, 1.807) is 6.92 Å². The van der Waals surface area contributed by atoms with Crippen molar-refractivity contribution in [1.29, 1.82) is 0 Å². The van der Waals surface area contributed by atoms with E-state index in [1.807, 2.05) is 24.3 Å². The van der Waals surface area contributed by atoms with E-state index in [-0.39, 0.29) is 17.4 Å². The normalized spacial score (nSPS) is 19.8. The van der Waals surface area contributed by atoms with Gasteiger partial charge >= 0.3 is 0 Å². The smallest absolute Gasteiger partial charge is 0.150 e. The second-order valence-electron chi connectivity index (χ2n) is 4.90. The van der Waals surface area contributed by atoms with Crippen molar-refractivity contribution in [3.05, 3.63) is 29.8 Å². The first kappa shape index (κ1) is 14.3. The molecule has 0 amide bonds. The van der Waals surface area contributed by atoms with Crippen LogP contribution in [0.1, 0.15) is 31.2 Å². The van der Waals surface area contributed by atoms with Crippen LogP contribution in [0, 0.1) is 0 Å². The Morgan fingerprint density at radius 3 is 2.89 bits per heavy atom. The van der Waals surface area contributed by atoms with Gasteiger partial charge in [0.25, 0.3) is 0 Å². The molecule has 0 bridgehead atoms. The summed E-state index contributed by atoms with van der Waals surface area (Å²) in [6.45, 7) is 2.12. The lowest BCUT2D eigenvalue weighted by atomic mass is 9.93. The topological polar surface area (TPSA) is 63.6 Å². The van der Waals surface area contributed by atoms with Crippen LogP contribution in [0.15, 0.2) is 24.3 Å². The van der Waals surface area contributed by atoms with Crippen molar-refractivity contribution < 1.29 is 18.3 Å². The summed E-state index contributed by atoms with van der Waals surface area (Å²) in [7, 11) is -2.94. The largest absolute Gasteiger partial charge is 0.493 e. The molecule has 1 aliphatic rings. The maximum Gasteiger partial charge on any atom is 0.150 e. The molecule has 4 nitrogen and oxygen atoms in total. The van der Waals surface area contributed by atoms with E-state index in [0.29, 0.717) is 19.4 Å². The van der Waals surface area contributed by atoms with Crippen LogP contribution < -0.4 is 4.74 Å². The molecule has 1 heterocycles. The second kappa shape index (κ2) is 5.92. The fourth-order valence-corrected chi connectivity index (χ4v) is 3.26. The van der Waals surface area contributed by atoms with Crippen LogP contribution in [0.25, 0.3) is 0 Å². The Hall–Kier alpha value is -1.07. The molecule has 0 aliphatic carbocycles. The predicted molar refractivity (Wildman–Crippen MR) is 74.2 cm³/mol. The van der Waals surface area contributed by atoms with Gasteiger partial charge in [-0.05, 0) is 18.9 Å². The van der Waals surface area contributed by atoms with Gasteiger partial charge in [0.15, 0.2) is 0 Å². The number of rotatable bonds is 6. The summed E-state index contributed by atoms with van der Waals surface area (Å²) in [4.78, 5) is 0. The predicted octanol–water partition coefficient (Wildman–Crippen LogP) is 1.74. The van der Waals surface area contributed by atoms with Crippen molar-refractivity contribution >= 4 is 9.84 Å². The molecule has 1 aromatic carbocycles. The SMILES string of the molecule is CCS(=O)(=O)CCCC(O)C1COc2ccccc21. The second-order valence-corrected chi connectivity index (χ2v) is 7.37. The van der Waals surface area contributed by atoms with Gasteiger partial charge in [0.1, 0.15) is 15.6 Å². The third kappa shape index (κ3) is 3.48. The Labute approximate surface area is 114 Å². The molecule has 0 saturated carbocycles. The van der Waals surface area contributed by atoms with Crippen LogP contribution in [0.2, 0.25) is 0 Å². The van der Waals surface area contributed by atoms with Crippen LogP contribution in [-0.2, 0) is 9.84 Å². The number of aliphatic hydroxyl groups excluding tert-OH is 1. The molecule has 106 valence electrons. The third-order valence-corrected chi connectivity index (χ3v) is 5.39. The number of hydrogen-bond acceptors (Lipinski definition) is 4. The van der Waals surface area contributed by atoms with Gasteiger partial charge in [0.05, 0.1) is 18.5 Å². The Morgan fingerprint density at radius 2 is 2.16 bits per heavy atom. The van der Waals surface area contributed by atoms with Crippen molar-refractivity contribution in [2.45, 2.75) is 31.8 Å². The Kier molecular flexibility index (Phi) is 4.47. The van der Waals surface area contributed by atoms with Crippen molar-refractivity contribution in [3.8, 4) is 5.75 Å². The first-order valence-electron chi connectivity index (χ1n) is 6.63. The molecule has 0 saturated heterocycles. The summed E-state index contributed by atoms with van der Waals surface area (Å²) in [5.41, 5.74) is 1.02. The van der Waals surface area contributed by atoms with E-state index in [0.717, 1.165) is 11.3 Å². The molecule has 2 unspecified atom stereocenters. The molecule has 2 atom stereocenters. The number of sulfone groups is 1. The number of para-hydroxylation sites is 1. The van der Waals surface area contributed by atoms with Crippen molar-refractivity contribution in [2.75, 3.05) is 18.1 Å². The molecule has 1 N–H and O–H groups in total. The molecule has 19 heavy (non-hydrogen) atoms. The summed E-state index contributed by atoms with van der Waals surface area (Å²) in [6, 6.07) is 7.68. The number of aliphatic hydroxyl groups is 1. The van der Waals surface area contributed by atoms with Gasteiger partial charge in [-0.25, -0.2) is 8.42 Å². The average Bonchev–Trinajstić information content (AvgIpc) is 2.82. The van der Waals surface area contributed by atoms with Crippen LogP contribution in [0.3, 0.4) is 0 Å². The fourth-order valence-electron chi connectivity index (χ4n) is 2.36. The van der Waals surface area contributed by atoms with Gasteiger partial charge in [-0.1, -0.05) is 25.1 Å². The third-order valence-electron chi connectivity index (χ3n) is 3.60. The molecule has 0 radical (unpaired) electrons. The molecule has 1 aromatic rings. The van der Waals surface area contributed by atoms with Gasteiger partial charge in [0.2, 0.25) is 0 Å². The summed E-state index contributed by atoms with van der Waals surface area (Å²) in [5, 5.41) is 10.2. The van der Waals surface area contributed by atoms with E-state index >= 15 is 0 Å². The number of fused-ring (bicyclic) bond motifs is 1. The maximum absolute atomic E-state index is 11.4. The standard InChI is InChI=1S/C14H20O4S/c1-2-19(16,17)9-5-7-13(15)12-10-18-14-8-4-3-6-11(12)14/h3-4,6,8,12-13,15H,2,5,7,9-10H2,1H3. The van der Waals surface area contributed by atoms with Crippen LogP contribution in [0.4, 0.5) is 0 Å². The summed E-state index contributed by atoms with van der Waals surface area (Å²) in [5.74, 6) is 1.10. The maximum atomic E-state index is 11.4. The molecular formula is C14H20O4S. The number of benzene rings is 1. The van der Waals surface area contributed by atoms with Crippen LogP contribution in [-0.4, -0.2) is 37.7 Å². The first-order valence-corrected chi connectivity index (χ1v) is 8.46. The molecule has 5 heteroatoms. The van der Waals surface area contributed by atoms with Gasteiger partial charge < -0.3 is 9.84 Å². The number of hydrogen-bond donors (Lipinski definition) is 1. The Morgan fingerprint density at radius 1 is 1.42 bits per heavy atom. The van der Waals surface area contributed by atoms with E-state index < -0.39 is 15.9 Å². The van der Waals surface area contributed by atoms with E-state index in [1.165, 1.54) is 0 Å². The van der Waals surface area contributed by atoms with Crippen molar-refractivity contribution in [3.63, 3.8) is 0 Å². The lowest BCUT2D eigenvalue weighted by Crippen LogP contribution is -2.21. The van der Waals surface area contributed by atoms with Gasteiger partial charge in [-0.15, -0.1) is 0 Å². The zero-order valence-corrected chi connectivity index (χ0v) is 11.9. The zero-order valence-electron chi connectivity index (χ0n) is 11.1. The van der Waals surface area contributed by atoms with Crippen LogP contribution >= 0.6 is 0 Å². The minimum absolute atomic E-state index is 0.0412. The van der Waals surface area contributed by atoms with Crippen molar-refractivity contribution in [2.24, 2.45) is 0 Å². The highest BCUT2D eigenvalue weighted by Crippen LogP contribution is 2.36. The minimum atomic E-state index is -2.94. The fraction of sp³-hybridized carbons (Fsp3) is 0.571. The van der Waals surface area contributed by atoms with Gasteiger partial charge in [-0.2, -0.15) is 0 Å². The molecule has 2 rings (SSSR count). The average molecular weight is 284 g/mol. The molecule has 0 fully saturated rings. The van der Waals surface area contributed by atoms with E-state index in [9.17, 15) is 13.5 Å². The molecule has 0 spiro atoms. The first-order chi connectivity index (χ1) is 9.03. The molecule has 0 aromatic heterocycles.